The van der Waals surface area contributed by atoms with E-state index in [9.17, 15) is 5.11 Å². The Kier molecular flexibility index (Phi) is 8.79. The first-order valence-corrected chi connectivity index (χ1v) is 10.3. The van der Waals surface area contributed by atoms with E-state index in [1.165, 1.54) is 0 Å². The van der Waals surface area contributed by atoms with Crippen LogP contribution in [-0.4, -0.2) is 29.9 Å². The van der Waals surface area contributed by atoms with E-state index in [1.807, 2.05) is 42.5 Å². The minimum atomic E-state index is -0.930. The lowest BCUT2D eigenvalue weighted by atomic mass is 9.74. The number of hydrogen-bond acceptors (Lipinski definition) is 3. The highest BCUT2D eigenvalue weighted by Crippen LogP contribution is 2.40. The van der Waals surface area contributed by atoms with Crippen LogP contribution in [0.2, 0.25) is 0 Å². The molecule has 0 saturated heterocycles. The third-order valence-corrected chi connectivity index (χ3v) is 5.39. The van der Waals surface area contributed by atoms with E-state index < -0.39 is 5.60 Å². The fourth-order valence-corrected chi connectivity index (χ4v) is 3.76. The van der Waals surface area contributed by atoms with Crippen molar-refractivity contribution in [3.05, 3.63) is 70.2 Å². The molecular weight excluding hydrogens is 390 g/mol. The third kappa shape index (κ3) is 5.65. The van der Waals surface area contributed by atoms with Crippen molar-refractivity contribution in [2.45, 2.75) is 44.1 Å². The van der Waals surface area contributed by atoms with Gasteiger partial charge >= 0.3 is 0 Å². The van der Waals surface area contributed by atoms with Gasteiger partial charge in [-0.1, -0.05) is 71.7 Å². The molecule has 0 spiro atoms. The van der Waals surface area contributed by atoms with Crippen molar-refractivity contribution in [1.82, 2.24) is 5.32 Å². The molecule has 0 amide bonds. The topological polar surface area (TPSA) is 52.5 Å². The molecular formula is C22H30BrNO2. The number of aliphatic hydroxyl groups is 2. The molecule has 2 unspecified atom stereocenters. The Bertz CT molecular complexity index is 632. The summed E-state index contributed by atoms with van der Waals surface area (Å²) in [4.78, 5) is 0. The van der Waals surface area contributed by atoms with Crippen LogP contribution < -0.4 is 5.32 Å². The molecule has 0 saturated carbocycles. The van der Waals surface area contributed by atoms with Crippen molar-refractivity contribution in [2.75, 3.05) is 19.7 Å². The molecule has 2 rings (SSSR count). The predicted octanol–water partition coefficient (Wildman–Crippen LogP) is 4.58. The molecule has 0 aromatic heterocycles. The van der Waals surface area contributed by atoms with E-state index in [2.05, 4.69) is 40.3 Å². The van der Waals surface area contributed by atoms with Crippen LogP contribution in [-0.2, 0) is 5.60 Å². The summed E-state index contributed by atoms with van der Waals surface area (Å²) in [5.41, 5.74) is 1.16. The lowest BCUT2D eigenvalue weighted by molar-refractivity contribution is -0.00238. The van der Waals surface area contributed by atoms with Gasteiger partial charge in [-0.3, -0.25) is 0 Å². The van der Waals surface area contributed by atoms with Crippen molar-refractivity contribution in [2.24, 2.45) is 0 Å². The van der Waals surface area contributed by atoms with Crippen molar-refractivity contribution in [1.29, 1.82) is 0 Å². The van der Waals surface area contributed by atoms with Crippen LogP contribution >= 0.6 is 15.9 Å². The summed E-state index contributed by atoms with van der Waals surface area (Å²) >= 11 is 3.48. The highest BCUT2D eigenvalue weighted by atomic mass is 79.9. The Labute approximate surface area is 165 Å². The normalized spacial score (nSPS) is 14.8. The number of unbranched alkanes of at least 4 members (excludes halogenated alkanes) is 1. The van der Waals surface area contributed by atoms with Gasteiger partial charge in [-0.25, -0.2) is 0 Å². The molecule has 2 aromatic carbocycles. The van der Waals surface area contributed by atoms with E-state index in [1.54, 1.807) is 0 Å². The Morgan fingerprint density at radius 2 is 1.73 bits per heavy atom. The molecule has 2 aromatic rings. The van der Waals surface area contributed by atoms with Crippen LogP contribution in [0.3, 0.4) is 0 Å². The zero-order valence-electron chi connectivity index (χ0n) is 15.5. The van der Waals surface area contributed by atoms with Crippen LogP contribution in [0.1, 0.15) is 49.7 Å². The van der Waals surface area contributed by atoms with Gasteiger partial charge in [-0.05, 0) is 49.1 Å². The average molecular weight is 420 g/mol. The molecule has 0 aliphatic heterocycles. The maximum atomic E-state index is 11.8. The first kappa shape index (κ1) is 21.1. The zero-order valence-corrected chi connectivity index (χ0v) is 17.1. The summed E-state index contributed by atoms with van der Waals surface area (Å²) < 4.78 is 1.01. The smallest absolute Gasteiger partial charge is 0.0976 e. The Hall–Kier alpha value is -1.20. The average Bonchev–Trinajstić information content (AvgIpc) is 2.66. The van der Waals surface area contributed by atoms with Gasteiger partial charge in [0.15, 0.2) is 0 Å². The molecule has 0 heterocycles. The summed E-state index contributed by atoms with van der Waals surface area (Å²) in [7, 11) is 0. The zero-order chi connectivity index (χ0) is 18.8. The van der Waals surface area contributed by atoms with Gasteiger partial charge in [0, 0.05) is 23.5 Å². The number of nitrogens with one attached hydrogen (secondary N) is 1. The number of aliphatic hydroxyl groups excluding tert-OH is 1. The van der Waals surface area contributed by atoms with E-state index in [0.29, 0.717) is 13.0 Å². The number of halogens is 1. The second kappa shape index (κ2) is 10.8. The molecule has 0 fully saturated rings. The lowest BCUT2D eigenvalue weighted by Gasteiger charge is -2.37. The van der Waals surface area contributed by atoms with E-state index in [-0.39, 0.29) is 12.5 Å². The molecule has 0 aliphatic carbocycles. The van der Waals surface area contributed by atoms with Gasteiger partial charge < -0.3 is 15.5 Å². The molecule has 2 atom stereocenters. The number of benzene rings is 2. The fraction of sp³-hybridized carbons (Fsp3) is 0.455. The van der Waals surface area contributed by atoms with Crippen LogP contribution in [0.5, 0.6) is 0 Å². The van der Waals surface area contributed by atoms with Crippen LogP contribution in [0.15, 0.2) is 59.1 Å². The number of hydrogen-bond donors (Lipinski definition) is 3. The molecule has 0 aliphatic rings. The summed E-state index contributed by atoms with van der Waals surface area (Å²) in [6.45, 7) is 3.87. The lowest BCUT2D eigenvalue weighted by Crippen LogP contribution is -2.39. The van der Waals surface area contributed by atoms with Gasteiger partial charge in [-0.15, -0.1) is 0 Å². The van der Waals surface area contributed by atoms with Crippen molar-refractivity contribution < 1.29 is 10.2 Å². The first-order valence-electron chi connectivity index (χ1n) is 9.46. The maximum absolute atomic E-state index is 11.8. The van der Waals surface area contributed by atoms with E-state index >= 15 is 0 Å². The summed E-state index contributed by atoms with van der Waals surface area (Å²) in [6.07, 6.45) is 3.34. The van der Waals surface area contributed by atoms with Gasteiger partial charge in [-0.2, -0.15) is 0 Å². The standard InChI is InChI=1S/C22H30BrNO2/c1-2-14-22(26,19-10-12-20(23)13-11-19)21(17-24-15-6-7-16-25)18-8-4-3-5-9-18/h3-5,8-13,21,24-26H,2,6-7,14-17H2,1H3. The maximum Gasteiger partial charge on any atom is 0.0976 e. The minimum absolute atomic E-state index is 0.0426. The molecule has 0 radical (unpaired) electrons. The third-order valence-electron chi connectivity index (χ3n) is 4.86. The number of rotatable bonds is 11. The molecule has 4 heteroatoms. The van der Waals surface area contributed by atoms with Gasteiger partial charge in [0.2, 0.25) is 0 Å². The Balaban J connectivity index is 2.30. The van der Waals surface area contributed by atoms with Crippen LogP contribution in [0.4, 0.5) is 0 Å². The van der Waals surface area contributed by atoms with Crippen molar-refractivity contribution >= 4 is 15.9 Å². The molecule has 26 heavy (non-hydrogen) atoms. The van der Waals surface area contributed by atoms with Gasteiger partial charge in [0.25, 0.3) is 0 Å². The second-order valence-corrected chi connectivity index (χ2v) is 7.69. The molecule has 3 nitrogen and oxygen atoms in total. The van der Waals surface area contributed by atoms with Gasteiger partial charge in [0.05, 0.1) is 5.60 Å². The molecule has 142 valence electrons. The summed E-state index contributed by atoms with van der Waals surface area (Å²) in [5, 5.41) is 24.2. The van der Waals surface area contributed by atoms with Gasteiger partial charge in [0.1, 0.15) is 0 Å². The van der Waals surface area contributed by atoms with E-state index in [0.717, 1.165) is 41.4 Å². The SMILES string of the molecule is CCCC(O)(c1ccc(Br)cc1)C(CNCCCCO)c1ccccc1. The molecule has 0 bridgehead atoms. The summed E-state index contributed by atoms with van der Waals surface area (Å²) in [6, 6.07) is 18.3. The van der Waals surface area contributed by atoms with Crippen LogP contribution in [0, 0.1) is 0 Å². The van der Waals surface area contributed by atoms with Crippen molar-refractivity contribution in [3.63, 3.8) is 0 Å². The highest BCUT2D eigenvalue weighted by Gasteiger charge is 2.38. The largest absolute Gasteiger partial charge is 0.396 e. The fourth-order valence-electron chi connectivity index (χ4n) is 3.50. The monoisotopic (exact) mass is 419 g/mol. The summed E-state index contributed by atoms with van der Waals surface area (Å²) in [5.74, 6) is -0.0426. The van der Waals surface area contributed by atoms with E-state index in [4.69, 9.17) is 5.11 Å². The molecule has 3 N–H and O–H groups in total. The Morgan fingerprint density at radius 3 is 2.35 bits per heavy atom. The van der Waals surface area contributed by atoms with Crippen LogP contribution in [0.25, 0.3) is 0 Å². The second-order valence-electron chi connectivity index (χ2n) is 6.78. The predicted molar refractivity (Wildman–Crippen MR) is 111 cm³/mol. The minimum Gasteiger partial charge on any atom is -0.396 e. The first-order chi connectivity index (χ1) is 12.6. The highest BCUT2D eigenvalue weighted by molar-refractivity contribution is 9.10. The quantitative estimate of drug-likeness (QED) is 0.467. The van der Waals surface area contributed by atoms with Crippen molar-refractivity contribution in [3.8, 4) is 0 Å². The Morgan fingerprint density at radius 1 is 1.04 bits per heavy atom.